The Balaban J connectivity index is 1.99. The molecule has 3 rings (SSSR count). The molecule has 1 saturated heterocycles. The summed E-state index contributed by atoms with van der Waals surface area (Å²) < 4.78 is 53.0. The van der Waals surface area contributed by atoms with Crippen molar-refractivity contribution in [2.75, 3.05) is 13.1 Å². The number of halogens is 5. The molecule has 3 amide bonds. The number of urea groups is 1. The second-order valence-corrected chi connectivity index (χ2v) is 7.07. The van der Waals surface area contributed by atoms with Crippen LogP contribution in [0.5, 0.6) is 0 Å². The zero-order chi connectivity index (χ0) is 22.1. The van der Waals surface area contributed by atoms with Gasteiger partial charge in [-0.05, 0) is 36.8 Å². The van der Waals surface area contributed by atoms with Gasteiger partial charge in [-0.25, -0.2) is 14.2 Å². The Morgan fingerprint density at radius 1 is 1.33 bits per heavy atom. The number of nitrogens with zero attached hydrogens (tertiary/aromatic N) is 2. The highest BCUT2D eigenvalue weighted by Gasteiger charge is 2.34. The standard InChI is InChI=1S/C19H17ClF4N4O2/c1-10-17(29)25-7-8-28(10)18(30)27-16(11-5-6-13(21)12(20)9-11)14-3-2-4-15(26-14)19(22,23)24/h2-6,9-10,16H,7-8H2,1H3,(H,25,29)(H,27,30)/t10-,16?/m0/s1. The Morgan fingerprint density at radius 3 is 2.73 bits per heavy atom. The van der Waals surface area contributed by atoms with E-state index in [9.17, 15) is 27.2 Å². The van der Waals surface area contributed by atoms with Crippen molar-refractivity contribution < 1.29 is 27.2 Å². The summed E-state index contributed by atoms with van der Waals surface area (Å²) in [4.78, 5) is 29.6. The molecule has 0 radical (unpaired) electrons. The van der Waals surface area contributed by atoms with Crippen LogP contribution in [0.4, 0.5) is 22.4 Å². The minimum atomic E-state index is -4.69. The summed E-state index contributed by atoms with van der Waals surface area (Å²) in [6.45, 7) is 1.98. The van der Waals surface area contributed by atoms with E-state index in [1.165, 1.54) is 30.0 Å². The number of nitrogens with one attached hydrogen (secondary N) is 2. The highest BCUT2D eigenvalue weighted by Crippen LogP contribution is 2.30. The molecule has 1 aliphatic heterocycles. The van der Waals surface area contributed by atoms with Gasteiger partial charge in [-0.1, -0.05) is 23.7 Å². The Bertz CT molecular complexity index is 970. The summed E-state index contributed by atoms with van der Waals surface area (Å²) in [5.41, 5.74) is -1.02. The van der Waals surface area contributed by atoms with Gasteiger partial charge in [0.2, 0.25) is 5.91 Å². The molecule has 2 N–H and O–H groups in total. The first kappa shape index (κ1) is 21.8. The van der Waals surface area contributed by atoms with Crippen molar-refractivity contribution in [3.63, 3.8) is 0 Å². The zero-order valence-electron chi connectivity index (χ0n) is 15.6. The average molecular weight is 445 g/mol. The molecular formula is C19H17ClF4N4O2. The number of carbonyl (C=O) groups excluding carboxylic acids is 2. The second-order valence-electron chi connectivity index (χ2n) is 6.66. The molecule has 11 heteroatoms. The van der Waals surface area contributed by atoms with E-state index >= 15 is 0 Å². The van der Waals surface area contributed by atoms with Crippen LogP contribution in [0.25, 0.3) is 0 Å². The highest BCUT2D eigenvalue weighted by atomic mass is 35.5. The van der Waals surface area contributed by atoms with Crippen LogP contribution in [0.2, 0.25) is 5.02 Å². The van der Waals surface area contributed by atoms with E-state index in [0.29, 0.717) is 0 Å². The average Bonchev–Trinajstić information content (AvgIpc) is 2.69. The summed E-state index contributed by atoms with van der Waals surface area (Å²) >= 11 is 5.83. The largest absolute Gasteiger partial charge is 0.433 e. The predicted molar refractivity (Wildman–Crippen MR) is 100 cm³/mol. The first-order valence-electron chi connectivity index (χ1n) is 8.92. The molecule has 0 spiro atoms. The summed E-state index contributed by atoms with van der Waals surface area (Å²) in [6, 6.07) is 4.20. The summed E-state index contributed by atoms with van der Waals surface area (Å²) in [7, 11) is 0. The van der Waals surface area contributed by atoms with Crippen molar-refractivity contribution in [3.8, 4) is 0 Å². The van der Waals surface area contributed by atoms with E-state index in [1.54, 1.807) is 0 Å². The number of piperazine rings is 1. The summed E-state index contributed by atoms with van der Waals surface area (Å²) in [6.07, 6.45) is -4.69. The molecule has 1 unspecified atom stereocenters. The van der Waals surface area contributed by atoms with Crippen molar-refractivity contribution in [2.24, 2.45) is 0 Å². The number of rotatable bonds is 3. The molecule has 2 atom stereocenters. The van der Waals surface area contributed by atoms with Crippen LogP contribution in [0.1, 0.15) is 29.9 Å². The van der Waals surface area contributed by atoms with Crippen LogP contribution >= 0.6 is 11.6 Å². The maximum Gasteiger partial charge on any atom is 0.433 e. The monoisotopic (exact) mass is 444 g/mol. The van der Waals surface area contributed by atoms with E-state index in [-0.39, 0.29) is 35.3 Å². The zero-order valence-corrected chi connectivity index (χ0v) is 16.4. The van der Waals surface area contributed by atoms with Crippen molar-refractivity contribution in [2.45, 2.75) is 25.2 Å². The fraction of sp³-hybridized carbons (Fsp3) is 0.316. The lowest BCUT2D eigenvalue weighted by Gasteiger charge is -2.34. The fourth-order valence-corrected chi connectivity index (χ4v) is 3.25. The van der Waals surface area contributed by atoms with Gasteiger partial charge >= 0.3 is 12.2 Å². The molecule has 1 aliphatic rings. The molecule has 2 heterocycles. The lowest BCUT2D eigenvalue weighted by molar-refractivity contribution is -0.141. The number of carbonyl (C=O) groups is 2. The maximum absolute atomic E-state index is 13.6. The van der Waals surface area contributed by atoms with Gasteiger partial charge < -0.3 is 15.5 Å². The van der Waals surface area contributed by atoms with Gasteiger partial charge in [-0.2, -0.15) is 13.2 Å². The fourth-order valence-electron chi connectivity index (χ4n) is 3.06. The first-order chi connectivity index (χ1) is 14.1. The van der Waals surface area contributed by atoms with Gasteiger partial charge in [0.15, 0.2) is 0 Å². The normalized spacial score (nSPS) is 18.0. The molecular weight excluding hydrogens is 428 g/mol. The third-order valence-electron chi connectivity index (χ3n) is 4.66. The Morgan fingerprint density at radius 2 is 2.07 bits per heavy atom. The maximum atomic E-state index is 13.6. The van der Waals surface area contributed by atoms with Crippen LogP contribution in [0.3, 0.4) is 0 Å². The van der Waals surface area contributed by atoms with E-state index in [4.69, 9.17) is 11.6 Å². The van der Waals surface area contributed by atoms with Crippen LogP contribution < -0.4 is 10.6 Å². The molecule has 6 nitrogen and oxygen atoms in total. The number of hydrogen-bond acceptors (Lipinski definition) is 3. The van der Waals surface area contributed by atoms with Gasteiger partial charge in [0, 0.05) is 13.1 Å². The van der Waals surface area contributed by atoms with Crippen molar-refractivity contribution in [1.29, 1.82) is 0 Å². The number of amides is 3. The highest BCUT2D eigenvalue weighted by molar-refractivity contribution is 6.30. The lowest BCUT2D eigenvalue weighted by atomic mass is 10.0. The number of alkyl halides is 3. The van der Waals surface area contributed by atoms with Gasteiger partial charge in [0.05, 0.1) is 16.8 Å². The molecule has 30 heavy (non-hydrogen) atoms. The third-order valence-corrected chi connectivity index (χ3v) is 4.95. The third kappa shape index (κ3) is 4.64. The molecule has 0 bridgehead atoms. The van der Waals surface area contributed by atoms with Crippen molar-refractivity contribution in [1.82, 2.24) is 20.5 Å². The van der Waals surface area contributed by atoms with Crippen molar-refractivity contribution in [3.05, 3.63) is 64.2 Å². The first-order valence-corrected chi connectivity index (χ1v) is 9.29. The van der Waals surface area contributed by atoms with Crippen LogP contribution in [0, 0.1) is 5.82 Å². The van der Waals surface area contributed by atoms with Crippen LogP contribution in [0.15, 0.2) is 36.4 Å². The summed E-state index contributed by atoms with van der Waals surface area (Å²) in [5, 5.41) is 4.95. The molecule has 1 fully saturated rings. The van der Waals surface area contributed by atoms with Gasteiger partial charge in [0.1, 0.15) is 17.6 Å². The van der Waals surface area contributed by atoms with Crippen molar-refractivity contribution >= 4 is 23.5 Å². The van der Waals surface area contributed by atoms with Gasteiger partial charge in [-0.15, -0.1) is 0 Å². The second kappa shape index (κ2) is 8.47. The molecule has 2 aromatic rings. The topological polar surface area (TPSA) is 74.3 Å². The summed E-state index contributed by atoms with van der Waals surface area (Å²) in [5.74, 6) is -1.07. The molecule has 160 valence electrons. The predicted octanol–water partition coefficient (Wildman–Crippen LogP) is 3.51. The molecule has 0 aliphatic carbocycles. The smallest absolute Gasteiger partial charge is 0.353 e. The Kier molecular flexibility index (Phi) is 6.16. The minimum absolute atomic E-state index is 0.116. The quantitative estimate of drug-likeness (QED) is 0.711. The minimum Gasteiger partial charge on any atom is -0.353 e. The Labute approximate surface area is 174 Å². The number of benzene rings is 1. The van der Waals surface area contributed by atoms with Crippen LogP contribution in [-0.4, -0.2) is 41.0 Å². The molecule has 1 aromatic carbocycles. The lowest BCUT2D eigenvalue weighted by Crippen LogP contribution is -2.58. The number of pyridine rings is 1. The SMILES string of the molecule is C[C@H]1C(=O)NCCN1C(=O)NC(c1ccc(F)c(Cl)c1)c1cccc(C(F)(F)F)n1. The van der Waals surface area contributed by atoms with Crippen LogP contribution in [-0.2, 0) is 11.0 Å². The van der Waals surface area contributed by atoms with E-state index < -0.39 is 35.8 Å². The number of aromatic nitrogens is 1. The van der Waals surface area contributed by atoms with Gasteiger partial charge in [-0.3, -0.25) is 4.79 Å². The van der Waals surface area contributed by atoms with E-state index in [1.807, 2.05) is 0 Å². The molecule has 1 aromatic heterocycles. The van der Waals surface area contributed by atoms with E-state index in [2.05, 4.69) is 15.6 Å². The molecule has 0 saturated carbocycles. The Hall–Kier alpha value is -2.88. The van der Waals surface area contributed by atoms with Gasteiger partial charge in [0.25, 0.3) is 0 Å². The number of hydrogen-bond donors (Lipinski definition) is 2. The van der Waals surface area contributed by atoms with E-state index in [0.717, 1.165) is 18.2 Å².